The topological polar surface area (TPSA) is 49.3 Å². The van der Waals surface area contributed by atoms with Crippen LogP contribution in [-0.2, 0) is 11.2 Å². The van der Waals surface area contributed by atoms with Crippen LogP contribution < -0.4 is 5.48 Å². The van der Waals surface area contributed by atoms with Crippen LogP contribution in [0.4, 0.5) is 0 Å². The van der Waals surface area contributed by atoms with Gasteiger partial charge in [0.25, 0.3) is 0 Å². The van der Waals surface area contributed by atoms with Gasteiger partial charge in [-0.3, -0.25) is 10.0 Å². The average molecular weight is 274 g/mol. The quantitative estimate of drug-likeness (QED) is 0.657. The van der Waals surface area contributed by atoms with Crippen molar-refractivity contribution >= 4 is 21.8 Å². The normalized spacial score (nSPS) is 8.80. The Morgan fingerprint density at radius 1 is 1.33 bits per heavy atom. The van der Waals surface area contributed by atoms with Gasteiger partial charge < -0.3 is 0 Å². The second kappa shape index (κ2) is 8.44. The number of carbonyl (C=O) groups excluding carboxylic acids is 1. The van der Waals surface area contributed by atoms with Crippen molar-refractivity contribution < 1.29 is 10.0 Å². The predicted molar refractivity (Wildman–Crippen MR) is 63.7 cm³/mol. The number of rotatable bonds is 3. The summed E-state index contributed by atoms with van der Waals surface area (Å²) in [5.74, 6) is -0.358. The molecule has 0 saturated carbocycles. The molecular weight excluding hydrogens is 258 g/mol. The Balaban J connectivity index is 0.000000921. The summed E-state index contributed by atoms with van der Waals surface area (Å²) in [4.78, 5) is 10.7. The smallest absolute Gasteiger partial charge is 0.243 e. The van der Waals surface area contributed by atoms with E-state index in [0.717, 1.165) is 10.0 Å². The molecule has 84 valence electrons. The Hall–Kier alpha value is -0.870. The fraction of sp³-hybridized carbons (Fsp3) is 0.364. The van der Waals surface area contributed by atoms with Crippen molar-refractivity contribution in [2.75, 3.05) is 0 Å². The standard InChI is InChI=1S/C9H10BrNO2.C2H6/c10-8-4-1-7(2-5-8)3-6-9(12)11-13;1-2/h1-2,4-5,13H,3,6H2,(H,11,12);1-2H3. The first kappa shape index (κ1) is 14.1. The van der Waals surface area contributed by atoms with Gasteiger partial charge >= 0.3 is 0 Å². The average Bonchev–Trinajstić information content (AvgIpc) is 2.30. The molecule has 0 radical (unpaired) electrons. The number of hydrogen-bond acceptors (Lipinski definition) is 2. The van der Waals surface area contributed by atoms with Gasteiger partial charge in [-0.05, 0) is 24.1 Å². The van der Waals surface area contributed by atoms with Crippen molar-refractivity contribution in [1.82, 2.24) is 5.48 Å². The minimum atomic E-state index is -0.358. The maximum atomic E-state index is 10.7. The molecule has 1 amide bonds. The molecule has 0 saturated heterocycles. The lowest BCUT2D eigenvalue weighted by molar-refractivity contribution is -0.129. The Morgan fingerprint density at radius 3 is 2.33 bits per heavy atom. The summed E-state index contributed by atoms with van der Waals surface area (Å²) in [6.45, 7) is 4.00. The lowest BCUT2D eigenvalue weighted by atomic mass is 10.1. The molecule has 3 nitrogen and oxygen atoms in total. The zero-order valence-corrected chi connectivity index (χ0v) is 10.5. The summed E-state index contributed by atoms with van der Waals surface area (Å²) >= 11 is 3.32. The van der Waals surface area contributed by atoms with E-state index < -0.39 is 0 Å². The van der Waals surface area contributed by atoms with Gasteiger partial charge in [0.05, 0.1) is 0 Å². The molecular formula is C11H16BrNO2. The third kappa shape index (κ3) is 6.25. The van der Waals surface area contributed by atoms with E-state index in [1.54, 1.807) is 5.48 Å². The van der Waals surface area contributed by atoms with Gasteiger partial charge in [-0.25, -0.2) is 5.48 Å². The van der Waals surface area contributed by atoms with Crippen molar-refractivity contribution in [3.63, 3.8) is 0 Å². The summed E-state index contributed by atoms with van der Waals surface area (Å²) in [5.41, 5.74) is 2.67. The van der Waals surface area contributed by atoms with Crippen molar-refractivity contribution in [2.45, 2.75) is 26.7 Å². The zero-order chi connectivity index (χ0) is 11.7. The predicted octanol–water partition coefficient (Wildman–Crippen LogP) is 2.91. The molecule has 0 aliphatic heterocycles. The molecule has 0 aliphatic rings. The van der Waals surface area contributed by atoms with Gasteiger partial charge in [0.1, 0.15) is 0 Å². The maximum Gasteiger partial charge on any atom is 0.243 e. The number of nitrogens with one attached hydrogen (secondary N) is 1. The molecule has 1 rings (SSSR count). The lowest BCUT2D eigenvalue weighted by Gasteiger charge is -1.99. The highest BCUT2D eigenvalue weighted by molar-refractivity contribution is 9.10. The Labute approximate surface area is 98.6 Å². The van der Waals surface area contributed by atoms with Gasteiger partial charge in [0.15, 0.2) is 0 Å². The van der Waals surface area contributed by atoms with Gasteiger partial charge in [-0.1, -0.05) is 41.9 Å². The molecule has 1 aromatic rings. The summed E-state index contributed by atoms with van der Waals surface area (Å²) in [5, 5.41) is 8.25. The van der Waals surface area contributed by atoms with E-state index in [-0.39, 0.29) is 5.91 Å². The first-order valence-corrected chi connectivity index (χ1v) is 5.69. The van der Waals surface area contributed by atoms with E-state index in [0.29, 0.717) is 12.8 Å². The highest BCUT2D eigenvalue weighted by Gasteiger charge is 1.99. The first-order chi connectivity index (χ1) is 7.22. The number of halogens is 1. The second-order valence-electron chi connectivity index (χ2n) is 2.66. The summed E-state index contributed by atoms with van der Waals surface area (Å²) in [6, 6.07) is 7.72. The molecule has 4 heteroatoms. The zero-order valence-electron chi connectivity index (χ0n) is 8.96. The summed E-state index contributed by atoms with van der Waals surface area (Å²) < 4.78 is 1.02. The largest absolute Gasteiger partial charge is 0.289 e. The fourth-order valence-electron chi connectivity index (χ4n) is 0.965. The van der Waals surface area contributed by atoms with Crippen LogP contribution >= 0.6 is 15.9 Å². The van der Waals surface area contributed by atoms with Gasteiger partial charge in [0.2, 0.25) is 5.91 Å². The number of hydroxylamine groups is 1. The second-order valence-corrected chi connectivity index (χ2v) is 3.58. The Morgan fingerprint density at radius 2 is 1.87 bits per heavy atom. The molecule has 0 bridgehead atoms. The summed E-state index contributed by atoms with van der Waals surface area (Å²) in [7, 11) is 0. The van der Waals surface area contributed by atoms with Crippen molar-refractivity contribution in [3.05, 3.63) is 34.3 Å². The maximum absolute atomic E-state index is 10.7. The third-order valence-corrected chi connectivity index (χ3v) is 2.21. The number of hydrogen-bond donors (Lipinski definition) is 2. The number of carbonyl (C=O) groups is 1. The molecule has 0 fully saturated rings. The number of aryl methyl sites for hydroxylation is 1. The van der Waals surface area contributed by atoms with Crippen molar-refractivity contribution in [3.8, 4) is 0 Å². The van der Waals surface area contributed by atoms with Crippen molar-refractivity contribution in [1.29, 1.82) is 0 Å². The van der Waals surface area contributed by atoms with Crippen LogP contribution in [0.1, 0.15) is 25.8 Å². The molecule has 0 unspecified atom stereocenters. The molecule has 0 spiro atoms. The van der Waals surface area contributed by atoms with Crippen LogP contribution in [-0.4, -0.2) is 11.1 Å². The highest BCUT2D eigenvalue weighted by atomic mass is 79.9. The lowest BCUT2D eigenvalue weighted by Crippen LogP contribution is -2.18. The Kier molecular flexibility index (Phi) is 7.95. The third-order valence-electron chi connectivity index (χ3n) is 1.68. The number of benzene rings is 1. The van der Waals surface area contributed by atoms with E-state index in [4.69, 9.17) is 5.21 Å². The van der Waals surface area contributed by atoms with Crippen LogP contribution in [0, 0.1) is 0 Å². The monoisotopic (exact) mass is 273 g/mol. The van der Waals surface area contributed by atoms with Crippen molar-refractivity contribution in [2.24, 2.45) is 0 Å². The van der Waals surface area contributed by atoms with E-state index in [1.807, 2.05) is 38.1 Å². The van der Waals surface area contributed by atoms with Gasteiger partial charge in [-0.2, -0.15) is 0 Å². The van der Waals surface area contributed by atoms with E-state index in [1.165, 1.54) is 0 Å². The van der Waals surface area contributed by atoms with Crippen LogP contribution in [0.3, 0.4) is 0 Å². The molecule has 15 heavy (non-hydrogen) atoms. The SMILES string of the molecule is CC.O=C(CCc1ccc(Br)cc1)NO. The van der Waals surface area contributed by atoms with Gasteiger partial charge in [0, 0.05) is 10.9 Å². The van der Waals surface area contributed by atoms with Crippen LogP contribution in [0.15, 0.2) is 28.7 Å². The van der Waals surface area contributed by atoms with E-state index in [9.17, 15) is 4.79 Å². The minimum absolute atomic E-state index is 0.304. The van der Waals surface area contributed by atoms with Crippen LogP contribution in [0.5, 0.6) is 0 Å². The minimum Gasteiger partial charge on any atom is -0.289 e. The van der Waals surface area contributed by atoms with Crippen LogP contribution in [0.2, 0.25) is 0 Å². The molecule has 2 N–H and O–H groups in total. The highest BCUT2D eigenvalue weighted by Crippen LogP contribution is 2.11. The molecule has 1 aromatic carbocycles. The van der Waals surface area contributed by atoms with E-state index >= 15 is 0 Å². The fourth-order valence-corrected chi connectivity index (χ4v) is 1.23. The number of amides is 1. The Bertz CT molecular complexity index is 285. The van der Waals surface area contributed by atoms with E-state index in [2.05, 4.69) is 15.9 Å². The molecule has 0 aliphatic carbocycles. The van der Waals surface area contributed by atoms with Crippen LogP contribution in [0.25, 0.3) is 0 Å². The summed E-state index contributed by atoms with van der Waals surface area (Å²) in [6.07, 6.45) is 0.942. The van der Waals surface area contributed by atoms with Gasteiger partial charge in [-0.15, -0.1) is 0 Å². The first-order valence-electron chi connectivity index (χ1n) is 4.90. The molecule has 0 aromatic heterocycles. The molecule has 0 heterocycles. The molecule has 0 atom stereocenters.